The Morgan fingerprint density at radius 1 is 1.10 bits per heavy atom. The molecule has 31 heavy (non-hydrogen) atoms. The SMILES string of the molecule is Cn1c2ccccc2c2nnc(NN=Cc3ccc(-c4ccccc4[N+](=O)[O-])o3)nc21. The molecule has 10 heteroatoms. The molecule has 0 bridgehead atoms. The number of aryl methyl sites for hydroxylation is 1. The van der Waals surface area contributed by atoms with E-state index < -0.39 is 4.92 Å². The number of fused-ring (bicyclic) bond motifs is 3. The number of benzene rings is 2. The van der Waals surface area contributed by atoms with E-state index in [0.29, 0.717) is 28.2 Å². The number of nitro groups is 1. The molecule has 0 saturated carbocycles. The molecule has 0 aliphatic carbocycles. The molecule has 5 aromatic rings. The van der Waals surface area contributed by atoms with Crippen LogP contribution < -0.4 is 5.43 Å². The molecule has 10 nitrogen and oxygen atoms in total. The number of anilines is 1. The number of nitro benzene ring substituents is 1. The van der Waals surface area contributed by atoms with Gasteiger partial charge in [-0.25, -0.2) is 5.43 Å². The molecule has 0 spiro atoms. The van der Waals surface area contributed by atoms with Crippen molar-refractivity contribution in [1.29, 1.82) is 0 Å². The molecule has 0 amide bonds. The molecular formula is C21H15N7O3. The Kier molecular flexibility index (Phi) is 4.36. The summed E-state index contributed by atoms with van der Waals surface area (Å²) in [7, 11) is 1.92. The summed E-state index contributed by atoms with van der Waals surface area (Å²) in [4.78, 5) is 15.3. The summed E-state index contributed by atoms with van der Waals surface area (Å²) >= 11 is 0. The fourth-order valence-electron chi connectivity index (χ4n) is 3.42. The van der Waals surface area contributed by atoms with E-state index in [9.17, 15) is 10.1 Å². The minimum Gasteiger partial charge on any atom is -0.455 e. The van der Waals surface area contributed by atoms with Crippen molar-refractivity contribution >= 4 is 39.9 Å². The van der Waals surface area contributed by atoms with Crippen LogP contribution in [0, 0.1) is 10.1 Å². The quantitative estimate of drug-likeness (QED) is 0.261. The Bertz CT molecular complexity index is 1470. The fourth-order valence-corrected chi connectivity index (χ4v) is 3.42. The first-order valence-electron chi connectivity index (χ1n) is 9.32. The highest BCUT2D eigenvalue weighted by Crippen LogP contribution is 2.30. The standard InChI is InChI=1S/C21H15N7O3/c1-27-16-8-4-3-7-15(16)19-20(27)23-21(26-24-19)25-22-12-13-10-11-18(31-13)14-6-2-5-9-17(14)28(29)30/h2-12H,1H3,(H,23,25,26). The van der Waals surface area contributed by atoms with Crippen LogP contribution in [0.2, 0.25) is 0 Å². The summed E-state index contributed by atoms with van der Waals surface area (Å²) in [5, 5.41) is 24.6. The van der Waals surface area contributed by atoms with Gasteiger partial charge in [0.15, 0.2) is 5.65 Å². The van der Waals surface area contributed by atoms with E-state index >= 15 is 0 Å². The molecule has 0 saturated heterocycles. The number of nitrogens with zero attached hydrogens (tertiary/aromatic N) is 6. The van der Waals surface area contributed by atoms with Crippen LogP contribution in [0.1, 0.15) is 5.76 Å². The van der Waals surface area contributed by atoms with Crippen molar-refractivity contribution in [1.82, 2.24) is 19.7 Å². The third-order valence-electron chi connectivity index (χ3n) is 4.86. The highest BCUT2D eigenvalue weighted by Gasteiger charge is 2.17. The van der Waals surface area contributed by atoms with Crippen LogP contribution in [0.5, 0.6) is 0 Å². The van der Waals surface area contributed by atoms with Gasteiger partial charge in [-0.3, -0.25) is 10.1 Å². The lowest BCUT2D eigenvalue weighted by atomic mass is 10.1. The highest BCUT2D eigenvalue weighted by molar-refractivity contribution is 6.04. The number of hydrazone groups is 1. The summed E-state index contributed by atoms with van der Waals surface area (Å²) in [6.07, 6.45) is 1.44. The van der Waals surface area contributed by atoms with Crippen molar-refractivity contribution in [2.24, 2.45) is 12.1 Å². The molecule has 0 fully saturated rings. The molecule has 3 heterocycles. The molecule has 1 N–H and O–H groups in total. The summed E-state index contributed by atoms with van der Waals surface area (Å²) in [6.45, 7) is 0. The van der Waals surface area contributed by atoms with Crippen LogP contribution in [0.15, 0.2) is 70.2 Å². The average Bonchev–Trinajstić information content (AvgIpc) is 3.37. The van der Waals surface area contributed by atoms with Gasteiger partial charge in [-0.05, 0) is 24.3 Å². The Labute approximate surface area is 175 Å². The maximum Gasteiger partial charge on any atom is 0.280 e. The number of rotatable bonds is 5. The molecular weight excluding hydrogens is 398 g/mol. The zero-order chi connectivity index (χ0) is 21.4. The minimum atomic E-state index is -0.444. The van der Waals surface area contributed by atoms with Crippen LogP contribution in [0.4, 0.5) is 11.6 Å². The second-order valence-electron chi connectivity index (χ2n) is 6.73. The molecule has 0 radical (unpaired) electrons. The maximum absolute atomic E-state index is 11.2. The predicted molar refractivity (Wildman–Crippen MR) is 116 cm³/mol. The van der Waals surface area contributed by atoms with Gasteiger partial charge in [0.25, 0.3) is 11.6 Å². The predicted octanol–water partition coefficient (Wildman–Crippen LogP) is 4.13. The van der Waals surface area contributed by atoms with Gasteiger partial charge in [-0.1, -0.05) is 30.3 Å². The van der Waals surface area contributed by atoms with E-state index in [1.165, 1.54) is 12.3 Å². The van der Waals surface area contributed by atoms with Gasteiger partial charge in [0, 0.05) is 18.5 Å². The second-order valence-corrected chi connectivity index (χ2v) is 6.73. The van der Waals surface area contributed by atoms with Crippen molar-refractivity contribution in [3.05, 3.63) is 76.5 Å². The van der Waals surface area contributed by atoms with Crippen molar-refractivity contribution < 1.29 is 9.34 Å². The smallest absolute Gasteiger partial charge is 0.280 e. The van der Waals surface area contributed by atoms with Gasteiger partial charge in [-0.15, -0.1) is 10.2 Å². The Balaban J connectivity index is 1.38. The number of hydrogen-bond acceptors (Lipinski definition) is 8. The van der Waals surface area contributed by atoms with E-state index in [-0.39, 0.29) is 11.6 Å². The average molecular weight is 413 g/mol. The lowest BCUT2D eigenvalue weighted by Gasteiger charge is -1.99. The third kappa shape index (κ3) is 3.25. The molecule has 2 aromatic carbocycles. The molecule has 0 unspecified atom stereocenters. The highest BCUT2D eigenvalue weighted by atomic mass is 16.6. The zero-order valence-corrected chi connectivity index (χ0v) is 16.3. The number of para-hydroxylation sites is 2. The Morgan fingerprint density at radius 2 is 1.90 bits per heavy atom. The summed E-state index contributed by atoms with van der Waals surface area (Å²) in [5.41, 5.74) is 5.52. The van der Waals surface area contributed by atoms with E-state index in [2.05, 4.69) is 25.7 Å². The van der Waals surface area contributed by atoms with Gasteiger partial charge in [0.2, 0.25) is 0 Å². The summed E-state index contributed by atoms with van der Waals surface area (Å²) in [6, 6.07) is 17.6. The first-order valence-corrected chi connectivity index (χ1v) is 9.32. The molecule has 3 aromatic heterocycles. The lowest BCUT2D eigenvalue weighted by Crippen LogP contribution is -2.00. The van der Waals surface area contributed by atoms with Crippen LogP contribution >= 0.6 is 0 Å². The molecule has 5 rings (SSSR count). The molecule has 0 aliphatic heterocycles. The monoisotopic (exact) mass is 413 g/mol. The van der Waals surface area contributed by atoms with E-state index in [0.717, 1.165) is 10.9 Å². The maximum atomic E-state index is 11.2. The summed E-state index contributed by atoms with van der Waals surface area (Å²) < 4.78 is 7.62. The van der Waals surface area contributed by atoms with E-state index in [1.807, 2.05) is 35.9 Å². The fraction of sp³-hybridized carbons (Fsp3) is 0.0476. The second kappa shape index (κ2) is 7.34. The van der Waals surface area contributed by atoms with Crippen LogP contribution in [0.25, 0.3) is 33.4 Å². The van der Waals surface area contributed by atoms with Crippen LogP contribution in [-0.4, -0.2) is 30.9 Å². The Morgan fingerprint density at radius 3 is 2.77 bits per heavy atom. The molecule has 0 aliphatic rings. The number of nitrogens with one attached hydrogen (secondary N) is 1. The van der Waals surface area contributed by atoms with Crippen LogP contribution in [0.3, 0.4) is 0 Å². The van der Waals surface area contributed by atoms with E-state index in [1.54, 1.807) is 30.3 Å². The van der Waals surface area contributed by atoms with Gasteiger partial charge in [0.1, 0.15) is 17.0 Å². The van der Waals surface area contributed by atoms with Crippen molar-refractivity contribution in [3.8, 4) is 11.3 Å². The van der Waals surface area contributed by atoms with Gasteiger partial charge >= 0.3 is 0 Å². The molecule has 152 valence electrons. The minimum absolute atomic E-state index is 0.0267. The van der Waals surface area contributed by atoms with Gasteiger partial charge in [-0.2, -0.15) is 10.1 Å². The largest absolute Gasteiger partial charge is 0.455 e. The molecule has 0 atom stereocenters. The van der Waals surface area contributed by atoms with Gasteiger partial charge < -0.3 is 8.98 Å². The Hall–Kier alpha value is -4.60. The first-order chi connectivity index (χ1) is 15.1. The third-order valence-corrected chi connectivity index (χ3v) is 4.86. The normalized spacial score (nSPS) is 11.5. The van der Waals surface area contributed by atoms with Crippen molar-refractivity contribution in [2.75, 3.05) is 5.43 Å². The van der Waals surface area contributed by atoms with Crippen molar-refractivity contribution in [3.63, 3.8) is 0 Å². The van der Waals surface area contributed by atoms with E-state index in [4.69, 9.17) is 4.42 Å². The number of aromatic nitrogens is 4. The topological polar surface area (TPSA) is 124 Å². The zero-order valence-electron chi connectivity index (χ0n) is 16.3. The van der Waals surface area contributed by atoms with Crippen LogP contribution in [-0.2, 0) is 7.05 Å². The number of hydrogen-bond donors (Lipinski definition) is 1. The number of furan rings is 1. The first kappa shape index (κ1) is 18.4. The van der Waals surface area contributed by atoms with Gasteiger partial charge in [0.05, 0.1) is 22.2 Å². The summed E-state index contributed by atoms with van der Waals surface area (Å²) in [5.74, 6) is 1.03. The lowest BCUT2D eigenvalue weighted by molar-refractivity contribution is -0.384. The van der Waals surface area contributed by atoms with Crippen molar-refractivity contribution in [2.45, 2.75) is 0 Å².